The Hall–Kier alpha value is -1.68. The van der Waals surface area contributed by atoms with Crippen LogP contribution in [0.2, 0.25) is 0 Å². The summed E-state index contributed by atoms with van der Waals surface area (Å²) in [4.78, 5) is 11.7. The van der Waals surface area contributed by atoms with Gasteiger partial charge in [-0.1, -0.05) is 18.2 Å². The molecule has 1 aromatic carbocycles. The van der Waals surface area contributed by atoms with Gasteiger partial charge < -0.3 is 5.73 Å². The van der Waals surface area contributed by atoms with Gasteiger partial charge in [-0.2, -0.15) is 5.10 Å². The maximum absolute atomic E-state index is 11.7. The monoisotopic (exact) mass is 243 g/mol. The van der Waals surface area contributed by atoms with E-state index in [9.17, 15) is 4.79 Å². The fourth-order valence-electron chi connectivity index (χ4n) is 2.84. The van der Waals surface area contributed by atoms with E-state index in [0.29, 0.717) is 12.0 Å². The van der Waals surface area contributed by atoms with Crippen LogP contribution < -0.4 is 11.3 Å². The first-order valence-corrected chi connectivity index (χ1v) is 6.48. The molecule has 2 aromatic rings. The molecular formula is C14H17N3O. The molecule has 1 aliphatic carbocycles. The van der Waals surface area contributed by atoms with Crippen LogP contribution in [0.1, 0.15) is 37.3 Å². The highest BCUT2D eigenvalue weighted by atomic mass is 16.1. The smallest absolute Gasteiger partial charge is 0.272 e. The van der Waals surface area contributed by atoms with E-state index in [-0.39, 0.29) is 5.56 Å². The van der Waals surface area contributed by atoms with E-state index in [1.54, 1.807) is 0 Å². The quantitative estimate of drug-likeness (QED) is 0.803. The topological polar surface area (TPSA) is 71.8 Å². The van der Waals surface area contributed by atoms with Crippen molar-refractivity contribution in [2.45, 2.75) is 37.6 Å². The van der Waals surface area contributed by atoms with Gasteiger partial charge in [-0.3, -0.25) is 4.79 Å². The van der Waals surface area contributed by atoms with Crippen molar-refractivity contribution in [2.75, 3.05) is 0 Å². The number of H-pyrrole nitrogens is 1. The van der Waals surface area contributed by atoms with Crippen molar-refractivity contribution in [3.8, 4) is 0 Å². The summed E-state index contributed by atoms with van der Waals surface area (Å²) >= 11 is 0. The van der Waals surface area contributed by atoms with Crippen molar-refractivity contribution in [2.24, 2.45) is 5.73 Å². The Balaban J connectivity index is 2.07. The van der Waals surface area contributed by atoms with Gasteiger partial charge in [0.25, 0.3) is 5.56 Å². The number of nitrogens with zero attached hydrogens (tertiary/aromatic N) is 1. The normalized spacial score (nSPS) is 24.3. The lowest BCUT2D eigenvalue weighted by Crippen LogP contribution is -2.26. The first-order chi connectivity index (χ1) is 8.75. The number of hydrogen-bond donors (Lipinski definition) is 2. The maximum Gasteiger partial charge on any atom is 0.272 e. The SMILES string of the molecule is N[C@H]1CC[C@H](c2n[nH]c(=O)c3ccccc32)CC1. The van der Waals surface area contributed by atoms with Gasteiger partial charge in [-0.15, -0.1) is 0 Å². The number of nitrogens with two attached hydrogens (primary N) is 1. The summed E-state index contributed by atoms with van der Waals surface area (Å²) in [6.45, 7) is 0. The van der Waals surface area contributed by atoms with E-state index in [0.717, 1.165) is 42.1 Å². The minimum atomic E-state index is -0.109. The summed E-state index contributed by atoms with van der Waals surface area (Å²) in [7, 11) is 0. The molecule has 0 unspecified atom stereocenters. The van der Waals surface area contributed by atoms with Crippen LogP contribution in [-0.4, -0.2) is 16.2 Å². The fourth-order valence-corrected chi connectivity index (χ4v) is 2.84. The lowest BCUT2D eigenvalue weighted by Gasteiger charge is -2.26. The van der Waals surface area contributed by atoms with Gasteiger partial charge in [0, 0.05) is 17.3 Å². The molecule has 18 heavy (non-hydrogen) atoms. The van der Waals surface area contributed by atoms with Gasteiger partial charge >= 0.3 is 0 Å². The average molecular weight is 243 g/mol. The largest absolute Gasteiger partial charge is 0.328 e. The Bertz CT molecular complexity index is 612. The van der Waals surface area contributed by atoms with Gasteiger partial charge in [0.1, 0.15) is 0 Å². The number of nitrogens with one attached hydrogen (secondary N) is 1. The molecule has 1 fully saturated rings. The molecule has 3 N–H and O–H groups in total. The molecule has 3 rings (SSSR count). The van der Waals surface area contributed by atoms with Crippen molar-refractivity contribution in [3.05, 3.63) is 40.3 Å². The zero-order valence-electron chi connectivity index (χ0n) is 10.2. The highest BCUT2D eigenvalue weighted by Crippen LogP contribution is 2.33. The number of hydrogen-bond acceptors (Lipinski definition) is 3. The maximum atomic E-state index is 11.7. The molecule has 0 amide bonds. The van der Waals surface area contributed by atoms with Crippen molar-refractivity contribution in [3.63, 3.8) is 0 Å². The minimum absolute atomic E-state index is 0.109. The molecule has 0 atom stereocenters. The Labute approximate surface area is 105 Å². The van der Waals surface area contributed by atoms with Crippen molar-refractivity contribution in [1.82, 2.24) is 10.2 Å². The van der Waals surface area contributed by atoms with Gasteiger partial charge in [0.2, 0.25) is 0 Å². The predicted molar refractivity (Wildman–Crippen MR) is 71.5 cm³/mol. The average Bonchev–Trinajstić information content (AvgIpc) is 2.41. The lowest BCUT2D eigenvalue weighted by atomic mass is 9.83. The van der Waals surface area contributed by atoms with E-state index in [2.05, 4.69) is 10.2 Å². The zero-order valence-corrected chi connectivity index (χ0v) is 10.2. The van der Waals surface area contributed by atoms with Crippen molar-refractivity contribution in [1.29, 1.82) is 0 Å². The van der Waals surface area contributed by atoms with E-state index in [1.165, 1.54) is 0 Å². The van der Waals surface area contributed by atoms with Crippen LogP contribution in [0.25, 0.3) is 10.8 Å². The zero-order chi connectivity index (χ0) is 12.5. The third kappa shape index (κ3) is 1.93. The third-order valence-electron chi connectivity index (χ3n) is 3.88. The molecule has 1 heterocycles. The lowest BCUT2D eigenvalue weighted by molar-refractivity contribution is 0.390. The second-order valence-electron chi connectivity index (χ2n) is 5.10. The Morgan fingerprint density at radius 2 is 1.78 bits per heavy atom. The van der Waals surface area contributed by atoms with Gasteiger partial charge in [-0.25, -0.2) is 5.10 Å². The summed E-state index contributed by atoms with van der Waals surface area (Å²) < 4.78 is 0. The molecule has 1 aliphatic rings. The highest BCUT2D eigenvalue weighted by molar-refractivity contribution is 5.83. The fraction of sp³-hybridized carbons (Fsp3) is 0.429. The van der Waals surface area contributed by atoms with Crippen LogP contribution in [0.15, 0.2) is 29.1 Å². The van der Waals surface area contributed by atoms with Gasteiger partial charge in [-0.05, 0) is 31.7 Å². The molecular weight excluding hydrogens is 226 g/mol. The molecule has 0 saturated heterocycles. The number of aromatic nitrogens is 2. The van der Waals surface area contributed by atoms with Crippen LogP contribution >= 0.6 is 0 Å². The number of aromatic amines is 1. The van der Waals surface area contributed by atoms with Crippen molar-refractivity contribution < 1.29 is 0 Å². The molecule has 94 valence electrons. The molecule has 1 aromatic heterocycles. The Kier molecular flexibility index (Phi) is 2.88. The first-order valence-electron chi connectivity index (χ1n) is 6.48. The molecule has 4 nitrogen and oxygen atoms in total. The minimum Gasteiger partial charge on any atom is -0.328 e. The molecule has 0 spiro atoms. The molecule has 0 radical (unpaired) electrons. The van der Waals surface area contributed by atoms with Crippen molar-refractivity contribution >= 4 is 10.8 Å². The summed E-state index contributed by atoms with van der Waals surface area (Å²) in [6, 6.07) is 8.02. The van der Waals surface area contributed by atoms with E-state index in [4.69, 9.17) is 5.73 Å². The number of fused-ring (bicyclic) bond motifs is 1. The predicted octanol–water partition coefficient (Wildman–Crippen LogP) is 1.91. The van der Waals surface area contributed by atoms with Crippen LogP contribution in [0.5, 0.6) is 0 Å². The molecule has 1 saturated carbocycles. The highest BCUT2D eigenvalue weighted by Gasteiger charge is 2.23. The van der Waals surface area contributed by atoms with E-state index >= 15 is 0 Å². The van der Waals surface area contributed by atoms with Crippen LogP contribution in [0.4, 0.5) is 0 Å². The molecule has 0 bridgehead atoms. The van der Waals surface area contributed by atoms with Gasteiger partial charge in [0.15, 0.2) is 0 Å². The second-order valence-corrected chi connectivity index (χ2v) is 5.10. The Morgan fingerprint density at radius 3 is 2.50 bits per heavy atom. The van der Waals surface area contributed by atoms with E-state index < -0.39 is 0 Å². The number of benzene rings is 1. The standard InChI is InChI=1S/C14H17N3O/c15-10-7-5-9(6-8-10)13-11-3-1-2-4-12(11)14(18)17-16-13/h1-4,9-10H,5-8,15H2,(H,17,18)/t9-,10-. The summed E-state index contributed by atoms with van der Waals surface area (Å²) in [6.07, 6.45) is 4.20. The van der Waals surface area contributed by atoms with Gasteiger partial charge in [0.05, 0.1) is 11.1 Å². The van der Waals surface area contributed by atoms with Crippen LogP contribution in [0.3, 0.4) is 0 Å². The van der Waals surface area contributed by atoms with Crippen LogP contribution in [-0.2, 0) is 0 Å². The molecule has 4 heteroatoms. The summed E-state index contributed by atoms with van der Waals surface area (Å²) in [5.41, 5.74) is 6.85. The van der Waals surface area contributed by atoms with Crippen LogP contribution in [0, 0.1) is 0 Å². The summed E-state index contributed by atoms with van der Waals surface area (Å²) in [5.74, 6) is 0.423. The molecule has 0 aliphatic heterocycles. The second kappa shape index (κ2) is 4.53. The summed E-state index contributed by atoms with van der Waals surface area (Å²) in [5, 5.41) is 8.61. The van der Waals surface area contributed by atoms with E-state index in [1.807, 2.05) is 24.3 Å². The number of rotatable bonds is 1. The third-order valence-corrected chi connectivity index (χ3v) is 3.88. The Morgan fingerprint density at radius 1 is 1.11 bits per heavy atom. The first kappa shape index (κ1) is 11.4.